The summed E-state index contributed by atoms with van der Waals surface area (Å²) >= 11 is 0. The lowest BCUT2D eigenvalue weighted by atomic mass is 10.0. The third kappa shape index (κ3) is 3.23. The average Bonchev–Trinajstić information content (AvgIpc) is 2.53. The minimum atomic E-state index is -0.0165. The molecular weight excluding hydrogens is 308 g/mol. The van der Waals surface area contributed by atoms with Gasteiger partial charge in [-0.25, -0.2) is 0 Å². The van der Waals surface area contributed by atoms with E-state index in [1.165, 1.54) is 0 Å². The average molecular weight is 329 g/mol. The molecule has 2 aliphatic rings. The van der Waals surface area contributed by atoms with Gasteiger partial charge in [-0.15, -0.1) is 12.4 Å². The van der Waals surface area contributed by atoms with E-state index in [0.717, 1.165) is 12.8 Å². The van der Waals surface area contributed by atoms with E-state index < -0.39 is 0 Å². The second-order valence-corrected chi connectivity index (χ2v) is 5.33. The zero-order chi connectivity index (χ0) is 14.8. The van der Waals surface area contributed by atoms with Crippen LogP contribution in [0.4, 0.5) is 0 Å². The second-order valence-electron chi connectivity index (χ2n) is 5.33. The normalized spacial score (nSPS) is 17.6. The number of methoxy groups -OCH3 is 1. The summed E-state index contributed by atoms with van der Waals surface area (Å²) in [4.78, 5) is 14.4. The van der Waals surface area contributed by atoms with Crippen LogP contribution in [-0.2, 0) is 0 Å². The molecule has 0 saturated carbocycles. The zero-order valence-corrected chi connectivity index (χ0v) is 13.4. The monoisotopic (exact) mass is 328 g/mol. The fourth-order valence-corrected chi connectivity index (χ4v) is 2.68. The Kier molecular flexibility index (Phi) is 5.37. The summed E-state index contributed by atoms with van der Waals surface area (Å²) in [5.74, 6) is 1.65. The van der Waals surface area contributed by atoms with Gasteiger partial charge in [-0.1, -0.05) is 0 Å². The molecule has 1 fully saturated rings. The molecule has 122 valence electrons. The molecule has 0 radical (unpaired) electrons. The van der Waals surface area contributed by atoms with Gasteiger partial charge >= 0.3 is 0 Å². The molecule has 2 N–H and O–H groups in total. The van der Waals surface area contributed by atoms with Gasteiger partial charge in [-0.05, 0) is 25.0 Å². The fourth-order valence-electron chi connectivity index (χ4n) is 2.68. The van der Waals surface area contributed by atoms with Crippen LogP contribution in [-0.4, -0.2) is 50.3 Å². The Bertz CT molecular complexity index is 527. The van der Waals surface area contributed by atoms with Crippen LogP contribution in [0.2, 0.25) is 0 Å². The lowest BCUT2D eigenvalue weighted by Crippen LogP contribution is -2.42. The van der Waals surface area contributed by atoms with Gasteiger partial charge in [0.25, 0.3) is 5.91 Å². The van der Waals surface area contributed by atoms with Gasteiger partial charge in [-0.2, -0.15) is 0 Å². The number of ether oxygens (including phenoxy) is 3. The van der Waals surface area contributed by atoms with Crippen molar-refractivity contribution in [1.29, 1.82) is 0 Å². The largest absolute Gasteiger partial charge is 0.493 e. The first-order valence-electron chi connectivity index (χ1n) is 7.21. The Morgan fingerprint density at radius 3 is 2.64 bits per heavy atom. The second kappa shape index (κ2) is 7.07. The number of hydrogen-bond donors (Lipinski definition) is 1. The van der Waals surface area contributed by atoms with Crippen LogP contribution in [0.15, 0.2) is 12.1 Å². The molecule has 0 aliphatic carbocycles. The van der Waals surface area contributed by atoms with E-state index in [1.54, 1.807) is 19.2 Å². The predicted octanol–water partition coefficient (Wildman–Crippen LogP) is 1.45. The third-order valence-corrected chi connectivity index (χ3v) is 3.90. The van der Waals surface area contributed by atoms with Crippen molar-refractivity contribution in [3.8, 4) is 17.2 Å². The van der Waals surface area contributed by atoms with Crippen LogP contribution >= 0.6 is 12.4 Å². The van der Waals surface area contributed by atoms with E-state index in [-0.39, 0.29) is 24.4 Å². The van der Waals surface area contributed by atoms with Crippen molar-refractivity contribution in [3.63, 3.8) is 0 Å². The predicted molar refractivity (Wildman–Crippen MR) is 84.3 cm³/mol. The van der Waals surface area contributed by atoms with Gasteiger partial charge < -0.3 is 24.8 Å². The summed E-state index contributed by atoms with van der Waals surface area (Å²) in [6, 6.07) is 3.64. The van der Waals surface area contributed by atoms with E-state index in [9.17, 15) is 4.79 Å². The maximum absolute atomic E-state index is 12.6. The first-order chi connectivity index (χ1) is 10.2. The summed E-state index contributed by atoms with van der Waals surface area (Å²) in [6.07, 6.45) is 1.68. The quantitative estimate of drug-likeness (QED) is 0.889. The van der Waals surface area contributed by atoms with Crippen LogP contribution in [0.5, 0.6) is 17.2 Å². The highest BCUT2D eigenvalue weighted by molar-refractivity contribution is 5.95. The maximum atomic E-state index is 12.6. The molecule has 7 heteroatoms. The summed E-state index contributed by atoms with van der Waals surface area (Å²) < 4.78 is 16.4. The molecule has 0 aromatic heterocycles. The maximum Gasteiger partial charge on any atom is 0.254 e. The molecule has 22 heavy (non-hydrogen) atoms. The van der Waals surface area contributed by atoms with Crippen molar-refractivity contribution in [2.24, 2.45) is 5.73 Å². The molecule has 1 amide bonds. The molecule has 0 atom stereocenters. The summed E-state index contributed by atoms with van der Waals surface area (Å²) in [5, 5.41) is 0. The lowest BCUT2D eigenvalue weighted by molar-refractivity contribution is 0.0713. The fraction of sp³-hybridized carbons (Fsp3) is 0.533. The molecule has 2 heterocycles. The smallest absolute Gasteiger partial charge is 0.254 e. The van der Waals surface area contributed by atoms with Crippen molar-refractivity contribution in [2.45, 2.75) is 18.9 Å². The Hall–Kier alpha value is -1.66. The van der Waals surface area contributed by atoms with Gasteiger partial charge in [0.15, 0.2) is 11.5 Å². The van der Waals surface area contributed by atoms with Gasteiger partial charge in [0.1, 0.15) is 13.2 Å². The molecule has 1 aromatic rings. The number of likely N-dealkylation sites (tertiary alicyclic amines) is 1. The standard InChI is InChI=1S/C15H20N2O4.ClH/c1-19-12-8-10(9-13-14(12)21-7-6-20-13)15(18)17-4-2-11(16)3-5-17;/h8-9,11H,2-7,16H2,1H3;1H. The first kappa shape index (κ1) is 16.7. The van der Waals surface area contributed by atoms with Crippen molar-refractivity contribution >= 4 is 18.3 Å². The third-order valence-electron chi connectivity index (χ3n) is 3.90. The van der Waals surface area contributed by atoms with Gasteiger partial charge in [0.2, 0.25) is 5.75 Å². The number of piperidine rings is 1. The van der Waals surface area contributed by atoms with Crippen LogP contribution in [0.3, 0.4) is 0 Å². The molecule has 1 aromatic carbocycles. The Balaban J connectivity index is 0.00000176. The molecular formula is C15H21ClN2O4. The van der Waals surface area contributed by atoms with Crippen LogP contribution in [0, 0.1) is 0 Å². The van der Waals surface area contributed by atoms with Crippen molar-refractivity contribution in [1.82, 2.24) is 4.90 Å². The van der Waals surface area contributed by atoms with E-state index >= 15 is 0 Å². The number of halogens is 1. The number of nitrogens with two attached hydrogens (primary N) is 1. The van der Waals surface area contributed by atoms with E-state index in [2.05, 4.69) is 0 Å². The molecule has 0 unspecified atom stereocenters. The SMILES string of the molecule is COc1cc(C(=O)N2CCC(N)CC2)cc2c1OCCO2.Cl. The van der Waals surface area contributed by atoms with Crippen LogP contribution in [0.25, 0.3) is 0 Å². The lowest BCUT2D eigenvalue weighted by Gasteiger charge is -2.30. The van der Waals surface area contributed by atoms with Crippen molar-refractivity contribution in [3.05, 3.63) is 17.7 Å². The number of carbonyl (C=O) groups is 1. The van der Waals surface area contributed by atoms with E-state index in [1.807, 2.05) is 4.90 Å². The number of amides is 1. The summed E-state index contributed by atoms with van der Waals surface area (Å²) in [5.41, 5.74) is 6.44. The number of carbonyl (C=O) groups excluding carboxylic acids is 1. The van der Waals surface area contributed by atoms with Gasteiger partial charge in [-0.3, -0.25) is 4.79 Å². The minimum absolute atomic E-state index is 0. The van der Waals surface area contributed by atoms with E-state index in [0.29, 0.717) is 49.1 Å². The molecule has 0 spiro atoms. The molecule has 2 aliphatic heterocycles. The zero-order valence-electron chi connectivity index (χ0n) is 12.5. The van der Waals surface area contributed by atoms with Crippen LogP contribution < -0.4 is 19.9 Å². The Labute approximate surface area is 135 Å². The molecule has 3 rings (SSSR count). The topological polar surface area (TPSA) is 74.0 Å². The molecule has 1 saturated heterocycles. The van der Waals surface area contributed by atoms with Gasteiger partial charge in [0.05, 0.1) is 7.11 Å². The van der Waals surface area contributed by atoms with E-state index in [4.69, 9.17) is 19.9 Å². The highest BCUT2D eigenvalue weighted by Gasteiger charge is 2.25. The molecule has 0 bridgehead atoms. The van der Waals surface area contributed by atoms with Crippen molar-refractivity contribution in [2.75, 3.05) is 33.4 Å². The number of benzene rings is 1. The number of fused-ring (bicyclic) bond motifs is 1. The van der Waals surface area contributed by atoms with Gasteiger partial charge in [0, 0.05) is 24.7 Å². The Morgan fingerprint density at radius 2 is 1.95 bits per heavy atom. The minimum Gasteiger partial charge on any atom is -0.493 e. The highest BCUT2D eigenvalue weighted by Crippen LogP contribution is 2.40. The molecule has 6 nitrogen and oxygen atoms in total. The summed E-state index contributed by atoms with van der Waals surface area (Å²) in [6.45, 7) is 2.35. The van der Waals surface area contributed by atoms with Crippen LogP contribution in [0.1, 0.15) is 23.2 Å². The Morgan fingerprint density at radius 1 is 1.27 bits per heavy atom. The number of nitrogens with zero attached hydrogens (tertiary/aromatic N) is 1. The number of rotatable bonds is 2. The summed E-state index contributed by atoms with van der Waals surface area (Å²) in [7, 11) is 1.56. The highest BCUT2D eigenvalue weighted by atomic mass is 35.5. The first-order valence-corrected chi connectivity index (χ1v) is 7.21. The van der Waals surface area contributed by atoms with Crippen molar-refractivity contribution < 1.29 is 19.0 Å². The number of hydrogen-bond acceptors (Lipinski definition) is 5.